The molecule has 20 heavy (non-hydrogen) atoms. The molecule has 0 saturated carbocycles. The molecule has 0 aliphatic heterocycles. The fraction of sp³-hybridized carbons (Fsp3) is 0.600. The number of sulfonamides is 1. The van der Waals surface area contributed by atoms with Crippen LogP contribution >= 0.6 is 15.9 Å². The van der Waals surface area contributed by atoms with Gasteiger partial charge in [-0.2, -0.15) is 0 Å². The molecule has 0 spiro atoms. The maximum Gasteiger partial charge on any atom is 0.241 e. The number of halogens is 1. The average Bonchev–Trinajstić information content (AvgIpc) is 2.37. The molecule has 0 unspecified atom stereocenters. The lowest BCUT2D eigenvalue weighted by molar-refractivity contribution is 0.517. The summed E-state index contributed by atoms with van der Waals surface area (Å²) in [6.45, 7) is 4.96. The van der Waals surface area contributed by atoms with E-state index in [0.717, 1.165) is 18.8 Å². The Hall–Kier alpha value is -0.390. The summed E-state index contributed by atoms with van der Waals surface area (Å²) in [5, 5.41) is 0. The maximum absolute atomic E-state index is 12.1. The average molecular weight is 362 g/mol. The second kappa shape index (κ2) is 8.80. The monoisotopic (exact) mass is 361 g/mol. The smallest absolute Gasteiger partial charge is 0.211 e. The lowest BCUT2D eigenvalue weighted by atomic mass is 10.0. The number of nitrogens with one attached hydrogen (secondary N) is 1. The lowest BCUT2D eigenvalue weighted by Gasteiger charge is -2.08. The molecule has 0 heterocycles. The van der Waals surface area contributed by atoms with Gasteiger partial charge < -0.3 is 0 Å². The topological polar surface area (TPSA) is 46.2 Å². The fourth-order valence-electron chi connectivity index (χ4n) is 1.98. The molecule has 0 aliphatic rings. The molecule has 114 valence electrons. The van der Waals surface area contributed by atoms with Crippen LogP contribution in [0.2, 0.25) is 0 Å². The van der Waals surface area contributed by atoms with E-state index in [1.54, 1.807) is 24.3 Å². The van der Waals surface area contributed by atoms with Crippen molar-refractivity contribution in [3.05, 3.63) is 28.7 Å². The molecule has 1 rings (SSSR count). The number of benzene rings is 1. The third kappa shape index (κ3) is 6.37. The van der Waals surface area contributed by atoms with Crippen LogP contribution in [-0.2, 0) is 10.0 Å². The fourth-order valence-corrected chi connectivity index (χ4v) is 4.05. The summed E-state index contributed by atoms with van der Waals surface area (Å²) in [4.78, 5) is 0.305. The summed E-state index contributed by atoms with van der Waals surface area (Å²) >= 11 is 3.27. The normalized spacial score (nSPS) is 12.0. The van der Waals surface area contributed by atoms with Crippen LogP contribution < -0.4 is 4.72 Å². The molecule has 1 aromatic carbocycles. The van der Waals surface area contributed by atoms with Crippen molar-refractivity contribution >= 4 is 26.0 Å². The third-order valence-electron chi connectivity index (χ3n) is 3.13. The Balaban J connectivity index is 2.29. The SMILES string of the molecule is CC(C)CCCCCCNS(=O)(=O)c1ccccc1Br. The highest BCUT2D eigenvalue weighted by molar-refractivity contribution is 9.10. The predicted octanol–water partition coefficient (Wildman–Crippen LogP) is 4.33. The van der Waals surface area contributed by atoms with Crippen molar-refractivity contribution in [2.45, 2.75) is 50.8 Å². The molecule has 0 radical (unpaired) electrons. The molecule has 0 fully saturated rings. The van der Waals surface area contributed by atoms with E-state index in [0.29, 0.717) is 15.9 Å². The van der Waals surface area contributed by atoms with Gasteiger partial charge in [0.05, 0.1) is 4.90 Å². The van der Waals surface area contributed by atoms with Crippen molar-refractivity contribution in [1.82, 2.24) is 4.72 Å². The minimum absolute atomic E-state index is 0.305. The van der Waals surface area contributed by atoms with Crippen LogP contribution in [0.4, 0.5) is 0 Å². The Bertz CT molecular complexity index is 500. The van der Waals surface area contributed by atoms with Gasteiger partial charge in [-0.3, -0.25) is 0 Å². The zero-order chi connectivity index (χ0) is 15.0. The molecule has 0 atom stereocenters. The Morgan fingerprint density at radius 1 is 1.10 bits per heavy atom. The van der Waals surface area contributed by atoms with Gasteiger partial charge in [-0.05, 0) is 40.4 Å². The molecule has 1 N–H and O–H groups in total. The van der Waals surface area contributed by atoms with Crippen molar-refractivity contribution in [1.29, 1.82) is 0 Å². The Labute approximate surface area is 131 Å². The van der Waals surface area contributed by atoms with E-state index in [1.807, 2.05) is 0 Å². The van der Waals surface area contributed by atoms with Gasteiger partial charge in [0, 0.05) is 11.0 Å². The molecule has 0 bridgehead atoms. The molecule has 5 heteroatoms. The summed E-state index contributed by atoms with van der Waals surface area (Å²) in [7, 11) is -3.39. The highest BCUT2D eigenvalue weighted by Gasteiger charge is 2.15. The second-order valence-electron chi connectivity index (χ2n) is 5.42. The van der Waals surface area contributed by atoms with E-state index in [-0.39, 0.29) is 0 Å². The van der Waals surface area contributed by atoms with Crippen molar-refractivity contribution in [2.24, 2.45) is 5.92 Å². The molecule has 3 nitrogen and oxygen atoms in total. The Morgan fingerprint density at radius 2 is 1.75 bits per heavy atom. The van der Waals surface area contributed by atoms with Crippen molar-refractivity contribution in [2.75, 3.05) is 6.54 Å². The lowest BCUT2D eigenvalue weighted by Crippen LogP contribution is -2.25. The van der Waals surface area contributed by atoms with Crippen LogP contribution in [0, 0.1) is 5.92 Å². The molecule has 0 aromatic heterocycles. The van der Waals surface area contributed by atoms with Crippen LogP contribution in [0.15, 0.2) is 33.6 Å². The van der Waals surface area contributed by atoms with E-state index < -0.39 is 10.0 Å². The zero-order valence-corrected chi connectivity index (χ0v) is 14.6. The zero-order valence-electron chi connectivity index (χ0n) is 12.2. The van der Waals surface area contributed by atoms with Crippen LogP contribution in [0.5, 0.6) is 0 Å². The van der Waals surface area contributed by atoms with E-state index in [9.17, 15) is 8.42 Å². The van der Waals surface area contributed by atoms with Crippen LogP contribution in [0.1, 0.15) is 46.0 Å². The van der Waals surface area contributed by atoms with Crippen LogP contribution in [0.25, 0.3) is 0 Å². The molecular weight excluding hydrogens is 338 g/mol. The molecular formula is C15H24BrNO2S. The van der Waals surface area contributed by atoms with Crippen molar-refractivity contribution < 1.29 is 8.42 Å². The Kier molecular flexibility index (Phi) is 7.77. The van der Waals surface area contributed by atoms with Crippen molar-refractivity contribution in [3.63, 3.8) is 0 Å². The van der Waals surface area contributed by atoms with E-state index in [4.69, 9.17) is 0 Å². The molecule has 1 aromatic rings. The standard InChI is InChI=1S/C15H24BrNO2S/c1-13(2)9-5-3-4-8-12-17-20(18,19)15-11-7-6-10-14(15)16/h6-7,10-11,13,17H,3-5,8-9,12H2,1-2H3. The van der Waals surface area contributed by atoms with Gasteiger partial charge in [-0.25, -0.2) is 13.1 Å². The number of rotatable bonds is 9. The number of hydrogen-bond donors (Lipinski definition) is 1. The van der Waals surface area contributed by atoms with E-state index in [1.165, 1.54) is 19.3 Å². The largest absolute Gasteiger partial charge is 0.241 e. The molecule has 0 saturated heterocycles. The summed E-state index contributed by atoms with van der Waals surface area (Å²) in [6, 6.07) is 6.87. The van der Waals surface area contributed by atoms with Crippen LogP contribution in [-0.4, -0.2) is 15.0 Å². The molecule has 0 aliphatic carbocycles. The Morgan fingerprint density at radius 3 is 2.40 bits per heavy atom. The first-order valence-electron chi connectivity index (χ1n) is 7.17. The number of unbranched alkanes of at least 4 members (excludes halogenated alkanes) is 3. The van der Waals surface area contributed by atoms with Gasteiger partial charge in [0.1, 0.15) is 0 Å². The molecule has 0 amide bonds. The van der Waals surface area contributed by atoms with Gasteiger partial charge in [0.25, 0.3) is 0 Å². The van der Waals surface area contributed by atoms with Gasteiger partial charge in [-0.15, -0.1) is 0 Å². The minimum Gasteiger partial charge on any atom is -0.211 e. The summed E-state index contributed by atoms with van der Waals surface area (Å²) in [5.41, 5.74) is 0. The summed E-state index contributed by atoms with van der Waals surface area (Å²) in [6.07, 6.45) is 5.62. The minimum atomic E-state index is -3.39. The quantitative estimate of drug-likeness (QED) is 0.665. The van der Waals surface area contributed by atoms with E-state index >= 15 is 0 Å². The predicted molar refractivity (Wildman–Crippen MR) is 87.3 cm³/mol. The van der Waals surface area contributed by atoms with Gasteiger partial charge in [0.15, 0.2) is 0 Å². The van der Waals surface area contributed by atoms with Gasteiger partial charge in [-0.1, -0.05) is 51.7 Å². The maximum atomic E-state index is 12.1. The number of hydrogen-bond acceptors (Lipinski definition) is 2. The second-order valence-corrected chi connectivity index (χ2v) is 8.01. The van der Waals surface area contributed by atoms with Crippen molar-refractivity contribution in [3.8, 4) is 0 Å². The van der Waals surface area contributed by atoms with E-state index in [2.05, 4.69) is 34.5 Å². The highest BCUT2D eigenvalue weighted by Crippen LogP contribution is 2.20. The summed E-state index contributed by atoms with van der Waals surface area (Å²) in [5.74, 6) is 0.754. The van der Waals surface area contributed by atoms with Gasteiger partial charge >= 0.3 is 0 Å². The van der Waals surface area contributed by atoms with Crippen LogP contribution in [0.3, 0.4) is 0 Å². The first-order chi connectivity index (χ1) is 9.43. The summed E-state index contributed by atoms with van der Waals surface area (Å²) < 4.78 is 27.4. The van der Waals surface area contributed by atoms with Gasteiger partial charge in [0.2, 0.25) is 10.0 Å². The highest BCUT2D eigenvalue weighted by atomic mass is 79.9. The first kappa shape index (κ1) is 17.7. The third-order valence-corrected chi connectivity index (χ3v) is 5.60. The first-order valence-corrected chi connectivity index (χ1v) is 9.45.